The van der Waals surface area contributed by atoms with Gasteiger partial charge in [0.05, 0.1) is 25.8 Å². The molecule has 5 aromatic rings. The topological polar surface area (TPSA) is 121 Å². The van der Waals surface area contributed by atoms with Crippen molar-refractivity contribution in [2.75, 3.05) is 7.11 Å². The molecule has 2 heterocycles. The van der Waals surface area contributed by atoms with E-state index in [9.17, 15) is 9.59 Å². The highest BCUT2D eigenvalue weighted by Gasteiger charge is 2.16. The molecule has 0 atom stereocenters. The molecule has 0 radical (unpaired) electrons. The van der Waals surface area contributed by atoms with Crippen LogP contribution in [-0.4, -0.2) is 48.1 Å². The first-order chi connectivity index (χ1) is 19.1. The van der Waals surface area contributed by atoms with Crippen molar-refractivity contribution in [1.29, 1.82) is 0 Å². The molecular formula is C29H29N7O3. The summed E-state index contributed by atoms with van der Waals surface area (Å²) in [5.74, 6) is 0.866. The number of aromatic amines is 1. The molecule has 0 spiro atoms. The molecular weight excluding hydrogens is 494 g/mol. The average molecular weight is 524 g/mol. The highest BCUT2D eigenvalue weighted by Crippen LogP contribution is 2.29. The molecule has 0 saturated heterocycles. The molecule has 0 saturated carbocycles. The van der Waals surface area contributed by atoms with Crippen molar-refractivity contribution in [3.05, 3.63) is 106 Å². The number of benzene rings is 3. The lowest BCUT2D eigenvalue weighted by Gasteiger charge is -2.09. The minimum Gasteiger partial charge on any atom is -0.465 e. The van der Waals surface area contributed by atoms with E-state index in [-0.39, 0.29) is 12.2 Å². The Morgan fingerprint density at radius 2 is 1.74 bits per heavy atom. The zero-order valence-electron chi connectivity index (χ0n) is 21.9. The van der Waals surface area contributed by atoms with Crippen molar-refractivity contribution >= 4 is 5.97 Å². The van der Waals surface area contributed by atoms with E-state index in [1.807, 2.05) is 54.6 Å². The van der Waals surface area contributed by atoms with Gasteiger partial charge in [0.2, 0.25) is 5.82 Å². The number of aromatic nitrogens is 7. The number of H-pyrrole nitrogens is 1. The summed E-state index contributed by atoms with van der Waals surface area (Å²) in [4.78, 5) is 25.4. The fraction of sp³-hybridized carbons (Fsp3) is 0.241. The lowest BCUT2D eigenvalue weighted by atomic mass is 9.98. The van der Waals surface area contributed by atoms with Gasteiger partial charge in [-0.15, -0.1) is 10.2 Å². The Labute approximate surface area is 225 Å². The van der Waals surface area contributed by atoms with Gasteiger partial charge in [0.1, 0.15) is 5.82 Å². The van der Waals surface area contributed by atoms with Crippen LogP contribution in [0.3, 0.4) is 0 Å². The maximum absolute atomic E-state index is 13.5. The summed E-state index contributed by atoms with van der Waals surface area (Å²) in [6, 6.07) is 23.1. The highest BCUT2D eigenvalue weighted by atomic mass is 16.5. The minimum absolute atomic E-state index is 0.184. The van der Waals surface area contributed by atoms with E-state index >= 15 is 0 Å². The highest BCUT2D eigenvalue weighted by molar-refractivity contribution is 5.89. The van der Waals surface area contributed by atoms with Gasteiger partial charge in [0, 0.05) is 12.0 Å². The van der Waals surface area contributed by atoms with E-state index in [2.05, 4.69) is 32.6 Å². The van der Waals surface area contributed by atoms with Gasteiger partial charge >= 0.3 is 11.7 Å². The van der Waals surface area contributed by atoms with Crippen molar-refractivity contribution in [3.63, 3.8) is 0 Å². The SMILES string of the molecule is CCCCc1nn(Cc2cccc(C(=O)OC)c2)c(=O)n1Cc1ccc(-c2ccccc2-c2nn[nH]n2)cc1. The first-order valence-electron chi connectivity index (χ1n) is 12.8. The van der Waals surface area contributed by atoms with Gasteiger partial charge in [-0.2, -0.15) is 10.3 Å². The zero-order valence-corrected chi connectivity index (χ0v) is 21.9. The van der Waals surface area contributed by atoms with Crippen LogP contribution in [0.25, 0.3) is 22.5 Å². The number of carbonyl (C=O) groups excluding carboxylic acids is 1. The standard InChI is InChI=1S/C29H29N7O3/c1-3-4-12-26-32-36(19-21-8-7-9-23(17-21)28(37)39-2)29(38)35(26)18-20-13-15-22(16-14-20)24-10-5-6-11-25(24)27-30-33-34-31-27/h5-11,13-17H,3-4,12,18-19H2,1-2H3,(H,30,31,33,34). The van der Waals surface area contributed by atoms with Gasteiger partial charge in [0.25, 0.3) is 0 Å². The lowest BCUT2D eigenvalue weighted by Crippen LogP contribution is -2.26. The maximum atomic E-state index is 13.5. The first-order valence-corrected chi connectivity index (χ1v) is 12.8. The van der Waals surface area contributed by atoms with Gasteiger partial charge in [-0.05, 0) is 46.0 Å². The Morgan fingerprint density at radius 1 is 0.949 bits per heavy atom. The third-order valence-corrected chi connectivity index (χ3v) is 6.55. The van der Waals surface area contributed by atoms with E-state index in [4.69, 9.17) is 4.74 Å². The van der Waals surface area contributed by atoms with Crippen LogP contribution in [0.4, 0.5) is 0 Å². The molecule has 0 amide bonds. The number of nitrogens with zero attached hydrogens (tertiary/aromatic N) is 6. The molecule has 0 aliphatic heterocycles. The van der Waals surface area contributed by atoms with Crippen molar-refractivity contribution in [2.24, 2.45) is 0 Å². The van der Waals surface area contributed by atoms with Crippen LogP contribution in [0.15, 0.2) is 77.6 Å². The molecule has 0 bridgehead atoms. The van der Waals surface area contributed by atoms with Gasteiger partial charge in [-0.3, -0.25) is 4.57 Å². The van der Waals surface area contributed by atoms with Crippen molar-refractivity contribution < 1.29 is 9.53 Å². The Kier molecular flexibility index (Phi) is 7.72. The quantitative estimate of drug-likeness (QED) is 0.273. The first kappa shape index (κ1) is 25.8. The second-order valence-electron chi connectivity index (χ2n) is 9.22. The number of aryl methyl sites for hydroxylation is 1. The van der Waals surface area contributed by atoms with E-state index < -0.39 is 5.97 Å². The van der Waals surface area contributed by atoms with Gasteiger partial charge in [-0.1, -0.05) is 74.0 Å². The van der Waals surface area contributed by atoms with Crippen LogP contribution in [0.1, 0.15) is 47.1 Å². The van der Waals surface area contributed by atoms with Gasteiger partial charge in [-0.25, -0.2) is 14.3 Å². The number of methoxy groups -OCH3 is 1. The number of tetrazole rings is 1. The molecule has 0 aliphatic carbocycles. The molecule has 3 aromatic carbocycles. The Morgan fingerprint density at radius 3 is 2.46 bits per heavy atom. The molecule has 39 heavy (non-hydrogen) atoms. The Balaban J connectivity index is 1.41. The largest absolute Gasteiger partial charge is 0.465 e. The summed E-state index contributed by atoms with van der Waals surface area (Å²) >= 11 is 0. The van der Waals surface area contributed by atoms with Crippen LogP contribution >= 0.6 is 0 Å². The number of hydrogen-bond acceptors (Lipinski definition) is 7. The van der Waals surface area contributed by atoms with Crippen LogP contribution in [-0.2, 0) is 24.2 Å². The smallest absolute Gasteiger partial charge is 0.346 e. The molecule has 2 aromatic heterocycles. The molecule has 198 valence electrons. The normalized spacial score (nSPS) is 11.0. The summed E-state index contributed by atoms with van der Waals surface area (Å²) in [6.07, 6.45) is 2.63. The Bertz CT molecular complexity index is 1620. The second-order valence-corrected chi connectivity index (χ2v) is 9.22. The van der Waals surface area contributed by atoms with E-state index in [1.165, 1.54) is 11.8 Å². The fourth-order valence-corrected chi connectivity index (χ4v) is 4.53. The molecule has 0 unspecified atom stereocenters. The molecule has 10 nitrogen and oxygen atoms in total. The average Bonchev–Trinajstić information content (AvgIpc) is 3.61. The van der Waals surface area contributed by atoms with E-state index in [0.29, 0.717) is 24.4 Å². The molecule has 0 fully saturated rings. The zero-order chi connectivity index (χ0) is 27.2. The summed E-state index contributed by atoms with van der Waals surface area (Å²) in [5.41, 5.74) is 4.94. The monoisotopic (exact) mass is 523 g/mol. The van der Waals surface area contributed by atoms with Crippen molar-refractivity contribution in [3.8, 4) is 22.5 Å². The van der Waals surface area contributed by atoms with Crippen molar-refractivity contribution in [1.82, 2.24) is 35.0 Å². The van der Waals surface area contributed by atoms with E-state index in [0.717, 1.165) is 46.5 Å². The summed E-state index contributed by atoms with van der Waals surface area (Å²) in [6.45, 7) is 2.79. The molecule has 10 heteroatoms. The number of nitrogens with one attached hydrogen (secondary N) is 1. The number of carbonyl (C=O) groups is 1. The summed E-state index contributed by atoms with van der Waals surface area (Å²) < 4.78 is 8.03. The third kappa shape index (κ3) is 5.69. The van der Waals surface area contributed by atoms with Crippen molar-refractivity contribution in [2.45, 2.75) is 39.3 Å². The number of unbranched alkanes of at least 4 members (excludes halogenated alkanes) is 1. The third-order valence-electron chi connectivity index (χ3n) is 6.55. The second kappa shape index (κ2) is 11.7. The predicted molar refractivity (Wildman–Crippen MR) is 146 cm³/mol. The summed E-state index contributed by atoms with van der Waals surface area (Å²) in [7, 11) is 1.35. The Hall–Kier alpha value is -4.86. The van der Waals surface area contributed by atoms with Crippen LogP contribution < -0.4 is 5.69 Å². The number of rotatable bonds is 10. The van der Waals surface area contributed by atoms with E-state index in [1.54, 1.807) is 22.8 Å². The number of esters is 1. The molecule has 1 N–H and O–H groups in total. The molecule has 0 aliphatic rings. The fourth-order valence-electron chi connectivity index (χ4n) is 4.53. The maximum Gasteiger partial charge on any atom is 0.346 e. The molecule has 5 rings (SSSR count). The van der Waals surface area contributed by atoms with Crippen LogP contribution in [0, 0.1) is 0 Å². The summed E-state index contributed by atoms with van der Waals surface area (Å²) in [5, 5.41) is 19.1. The minimum atomic E-state index is -0.415. The van der Waals surface area contributed by atoms with Crippen LogP contribution in [0.5, 0.6) is 0 Å². The lowest BCUT2D eigenvalue weighted by molar-refractivity contribution is 0.0600. The van der Waals surface area contributed by atoms with Gasteiger partial charge in [0.15, 0.2) is 0 Å². The predicted octanol–water partition coefficient (Wildman–Crippen LogP) is 4.12. The number of ether oxygens (including phenoxy) is 1. The van der Waals surface area contributed by atoms with Gasteiger partial charge < -0.3 is 4.74 Å². The van der Waals surface area contributed by atoms with Crippen LogP contribution in [0.2, 0.25) is 0 Å². The number of hydrogen-bond donors (Lipinski definition) is 1.